The number of aromatic hydroxyl groups is 1. The van der Waals surface area contributed by atoms with Gasteiger partial charge in [-0.05, 0) is 38.2 Å². The third-order valence-corrected chi connectivity index (χ3v) is 3.32. The van der Waals surface area contributed by atoms with E-state index in [0.717, 1.165) is 25.1 Å². The molecule has 0 aliphatic heterocycles. The van der Waals surface area contributed by atoms with E-state index >= 15 is 0 Å². The highest BCUT2D eigenvalue weighted by Gasteiger charge is 2.28. The van der Waals surface area contributed by atoms with E-state index in [1.807, 2.05) is 33.2 Å². The fraction of sp³-hybridized carbons (Fsp3) is 0.571. The van der Waals surface area contributed by atoms with Crippen molar-refractivity contribution >= 4 is 0 Å². The van der Waals surface area contributed by atoms with Crippen LogP contribution in [0.5, 0.6) is 5.75 Å². The molecule has 1 rings (SSSR count). The van der Waals surface area contributed by atoms with Crippen molar-refractivity contribution in [3.05, 3.63) is 29.8 Å². The van der Waals surface area contributed by atoms with Crippen LogP contribution in [0.3, 0.4) is 0 Å². The fourth-order valence-corrected chi connectivity index (χ4v) is 1.99. The monoisotopic (exact) mass is 252 g/mol. The normalized spacial score (nSPS) is 14.7. The summed E-state index contributed by atoms with van der Waals surface area (Å²) in [6, 6.07) is 7.03. The van der Waals surface area contributed by atoms with Crippen molar-refractivity contribution in [2.24, 2.45) is 0 Å². The number of phenolic OH excluding ortho intramolecular Hbond substituents is 1. The van der Waals surface area contributed by atoms with Crippen molar-refractivity contribution in [1.29, 1.82) is 0 Å². The Balaban J connectivity index is 2.81. The van der Waals surface area contributed by atoms with Crippen LogP contribution in [-0.2, 0) is 5.54 Å². The van der Waals surface area contributed by atoms with Crippen molar-refractivity contribution < 1.29 is 10.2 Å². The quantitative estimate of drug-likeness (QED) is 0.681. The lowest BCUT2D eigenvalue weighted by molar-refractivity contribution is 0.152. The molecular weight excluding hydrogens is 228 g/mol. The largest absolute Gasteiger partial charge is 0.508 e. The van der Waals surface area contributed by atoms with E-state index in [0.29, 0.717) is 0 Å². The Bertz CT molecular complexity index is 345. The molecule has 18 heavy (non-hydrogen) atoms. The maximum absolute atomic E-state index is 9.73. The molecule has 0 amide bonds. The van der Waals surface area contributed by atoms with Gasteiger partial charge in [-0.2, -0.15) is 0 Å². The Morgan fingerprint density at radius 1 is 1.22 bits per heavy atom. The van der Waals surface area contributed by atoms with Crippen LogP contribution in [0.4, 0.5) is 0 Å². The number of rotatable bonds is 7. The van der Waals surface area contributed by atoms with Crippen LogP contribution in [-0.4, -0.2) is 48.9 Å². The van der Waals surface area contributed by atoms with Gasteiger partial charge < -0.3 is 20.4 Å². The summed E-state index contributed by atoms with van der Waals surface area (Å²) >= 11 is 0. The number of aliphatic hydroxyl groups excluding tert-OH is 1. The number of phenols is 1. The number of hydrogen-bond donors (Lipinski definition) is 3. The van der Waals surface area contributed by atoms with E-state index in [1.165, 1.54) is 0 Å². The van der Waals surface area contributed by atoms with Gasteiger partial charge >= 0.3 is 0 Å². The van der Waals surface area contributed by atoms with Crippen LogP contribution in [0.1, 0.15) is 18.9 Å². The van der Waals surface area contributed by atoms with Crippen LogP contribution in [0.15, 0.2) is 24.3 Å². The summed E-state index contributed by atoms with van der Waals surface area (Å²) in [6.45, 7) is 3.82. The number of hydrogen-bond acceptors (Lipinski definition) is 4. The fourth-order valence-electron chi connectivity index (χ4n) is 1.99. The van der Waals surface area contributed by atoms with Gasteiger partial charge in [0, 0.05) is 13.1 Å². The van der Waals surface area contributed by atoms with E-state index in [9.17, 15) is 10.2 Å². The van der Waals surface area contributed by atoms with Gasteiger partial charge in [-0.1, -0.05) is 19.1 Å². The molecule has 1 unspecified atom stereocenters. The zero-order valence-corrected chi connectivity index (χ0v) is 11.5. The van der Waals surface area contributed by atoms with Gasteiger partial charge in [0.05, 0.1) is 12.1 Å². The van der Waals surface area contributed by atoms with Crippen molar-refractivity contribution in [2.75, 3.05) is 33.8 Å². The molecule has 0 heterocycles. The SMILES string of the molecule is CCC(CO)(NCCN(C)C)c1ccc(O)cc1. The minimum Gasteiger partial charge on any atom is -0.508 e. The van der Waals surface area contributed by atoms with E-state index in [1.54, 1.807) is 12.1 Å². The molecule has 4 heteroatoms. The molecule has 0 radical (unpaired) electrons. The first kappa shape index (κ1) is 15.0. The molecule has 0 bridgehead atoms. The first-order valence-corrected chi connectivity index (χ1v) is 6.34. The Hall–Kier alpha value is -1.10. The molecule has 0 aliphatic carbocycles. The Kier molecular flexibility index (Phi) is 5.59. The van der Waals surface area contributed by atoms with Crippen molar-refractivity contribution in [3.63, 3.8) is 0 Å². The summed E-state index contributed by atoms with van der Waals surface area (Å²) in [5.41, 5.74) is 0.577. The predicted molar refractivity (Wildman–Crippen MR) is 73.7 cm³/mol. The van der Waals surface area contributed by atoms with Crippen molar-refractivity contribution in [2.45, 2.75) is 18.9 Å². The lowest BCUT2D eigenvalue weighted by atomic mass is 9.88. The molecule has 1 aromatic rings. The highest BCUT2D eigenvalue weighted by atomic mass is 16.3. The first-order valence-electron chi connectivity index (χ1n) is 6.34. The second kappa shape index (κ2) is 6.73. The highest BCUT2D eigenvalue weighted by Crippen LogP contribution is 2.26. The third-order valence-electron chi connectivity index (χ3n) is 3.32. The molecule has 0 saturated carbocycles. The average Bonchev–Trinajstić information content (AvgIpc) is 2.36. The molecule has 3 N–H and O–H groups in total. The summed E-state index contributed by atoms with van der Waals surface area (Å²) in [6.07, 6.45) is 0.793. The number of benzene rings is 1. The molecule has 0 aliphatic rings. The van der Waals surface area contributed by atoms with Crippen LogP contribution in [0.2, 0.25) is 0 Å². The average molecular weight is 252 g/mol. The standard InChI is InChI=1S/C14H24N2O2/c1-4-14(11-17,15-9-10-16(2)3)12-5-7-13(18)8-6-12/h5-8,15,17-18H,4,9-11H2,1-3H3. The Labute approximate surface area is 109 Å². The summed E-state index contributed by atoms with van der Waals surface area (Å²) in [4.78, 5) is 2.10. The van der Waals surface area contributed by atoms with Crippen molar-refractivity contribution in [1.82, 2.24) is 10.2 Å². The smallest absolute Gasteiger partial charge is 0.115 e. The molecular formula is C14H24N2O2. The van der Waals surface area contributed by atoms with Gasteiger partial charge in [0.1, 0.15) is 5.75 Å². The predicted octanol–water partition coefficient (Wildman–Crippen LogP) is 1.14. The van der Waals surface area contributed by atoms with Gasteiger partial charge in [-0.15, -0.1) is 0 Å². The minimum absolute atomic E-state index is 0.0434. The lowest BCUT2D eigenvalue weighted by Gasteiger charge is -2.33. The number of likely N-dealkylation sites (N-methyl/N-ethyl adjacent to an activating group) is 1. The van der Waals surface area contributed by atoms with E-state index < -0.39 is 5.54 Å². The molecule has 0 fully saturated rings. The van der Waals surface area contributed by atoms with Gasteiger partial charge in [-0.25, -0.2) is 0 Å². The topological polar surface area (TPSA) is 55.7 Å². The molecule has 0 saturated heterocycles. The molecule has 1 atom stereocenters. The molecule has 0 spiro atoms. The van der Waals surface area contributed by atoms with Crippen LogP contribution >= 0.6 is 0 Å². The zero-order chi connectivity index (χ0) is 13.6. The summed E-state index contributed by atoms with van der Waals surface area (Å²) in [7, 11) is 4.05. The molecule has 4 nitrogen and oxygen atoms in total. The van der Waals surface area contributed by atoms with Gasteiger partial charge in [0.15, 0.2) is 0 Å². The molecule has 1 aromatic carbocycles. The maximum atomic E-state index is 9.73. The van der Waals surface area contributed by atoms with Crippen LogP contribution in [0.25, 0.3) is 0 Å². The number of nitrogens with one attached hydrogen (secondary N) is 1. The van der Waals surface area contributed by atoms with Crippen LogP contribution in [0, 0.1) is 0 Å². The third kappa shape index (κ3) is 3.70. The Morgan fingerprint density at radius 2 is 1.83 bits per heavy atom. The van der Waals surface area contributed by atoms with Crippen LogP contribution < -0.4 is 5.32 Å². The first-order chi connectivity index (χ1) is 8.54. The summed E-state index contributed by atoms with van der Waals surface area (Å²) < 4.78 is 0. The van der Waals surface area contributed by atoms with Gasteiger partial charge in [0.25, 0.3) is 0 Å². The van der Waals surface area contributed by atoms with E-state index in [4.69, 9.17) is 0 Å². The van der Waals surface area contributed by atoms with E-state index in [2.05, 4.69) is 10.2 Å². The second-order valence-electron chi connectivity index (χ2n) is 4.87. The number of nitrogens with zero attached hydrogens (tertiary/aromatic N) is 1. The van der Waals surface area contributed by atoms with Gasteiger partial charge in [-0.3, -0.25) is 0 Å². The summed E-state index contributed by atoms with van der Waals surface area (Å²) in [5, 5.41) is 22.5. The van der Waals surface area contributed by atoms with Crippen molar-refractivity contribution in [3.8, 4) is 5.75 Å². The maximum Gasteiger partial charge on any atom is 0.115 e. The second-order valence-corrected chi connectivity index (χ2v) is 4.87. The summed E-state index contributed by atoms with van der Waals surface area (Å²) in [5.74, 6) is 0.245. The van der Waals surface area contributed by atoms with Gasteiger partial charge in [0.2, 0.25) is 0 Å². The van der Waals surface area contributed by atoms with E-state index in [-0.39, 0.29) is 12.4 Å². The minimum atomic E-state index is -0.427. The zero-order valence-electron chi connectivity index (χ0n) is 11.5. The Morgan fingerprint density at radius 3 is 2.28 bits per heavy atom. The molecule has 0 aromatic heterocycles. The number of aliphatic hydroxyl groups is 1. The molecule has 102 valence electrons. The highest BCUT2D eigenvalue weighted by molar-refractivity contribution is 5.31. The lowest BCUT2D eigenvalue weighted by Crippen LogP contribution is -2.47.